The van der Waals surface area contributed by atoms with Crippen LogP contribution in [0.1, 0.15) is 64.2 Å². The number of nitrogens with zero attached hydrogens (tertiary/aromatic N) is 2. The van der Waals surface area contributed by atoms with Crippen molar-refractivity contribution in [3.63, 3.8) is 0 Å². The Hall–Kier alpha value is -2.42. The van der Waals surface area contributed by atoms with Crippen molar-refractivity contribution >= 4 is 11.9 Å². The highest BCUT2D eigenvalue weighted by molar-refractivity contribution is 5.85. The van der Waals surface area contributed by atoms with Crippen molar-refractivity contribution < 1.29 is 39.5 Å². The fourth-order valence-electron chi connectivity index (χ4n) is 6.53. The molecule has 14 nitrogen and oxygen atoms in total. The van der Waals surface area contributed by atoms with Crippen LogP contribution in [0, 0.1) is 55.7 Å². The van der Waals surface area contributed by atoms with E-state index in [-0.39, 0.29) is 29.8 Å². The van der Waals surface area contributed by atoms with Crippen molar-refractivity contribution in [2.75, 3.05) is 26.3 Å². The van der Waals surface area contributed by atoms with Crippen LogP contribution >= 0.6 is 0 Å². The van der Waals surface area contributed by atoms with E-state index in [2.05, 4.69) is 15.7 Å². The molecule has 0 aromatic carbocycles. The second kappa shape index (κ2) is 14.7. The van der Waals surface area contributed by atoms with Crippen LogP contribution in [0.2, 0.25) is 0 Å². The summed E-state index contributed by atoms with van der Waals surface area (Å²) in [5.74, 6) is -3.73. The molecule has 14 heteroatoms. The summed E-state index contributed by atoms with van der Waals surface area (Å²) in [6, 6.07) is -1.98. The Kier molecular flexibility index (Phi) is 11.6. The molecule has 0 aromatic rings. The predicted molar refractivity (Wildman–Crippen MR) is 132 cm³/mol. The van der Waals surface area contributed by atoms with Gasteiger partial charge in [0.25, 0.3) is 0 Å². The van der Waals surface area contributed by atoms with Crippen LogP contribution < -0.4 is 10.8 Å². The first-order chi connectivity index (χ1) is 18.2. The maximum Gasteiger partial charge on any atom is 0.314 e. The first-order valence-corrected chi connectivity index (χ1v) is 13.6. The third-order valence-electron chi connectivity index (χ3n) is 8.77. The van der Waals surface area contributed by atoms with E-state index in [0.29, 0.717) is 44.9 Å². The zero-order chi connectivity index (χ0) is 27.7. The summed E-state index contributed by atoms with van der Waals surface area (Å²) in [6.07, 6.45) is 6.58. The summed E-state index contributed by atoms with van der Waals surface area (Å²) >= 11 is 0. The monoisotopic (exact) mass is 544 g/mol. The third-order valence-corrected chi connectivity index (χ3v) is 8.77. The van der Waals surface area contributed by atoms with Crippen LogP contribution in [-0.4, -0.2) is 70.5 Å². The fourth-order valence-corrected chi connectivity index (χ4v) is 6.53. The largest absolute Gasteiger partial charge is 0.481 e. The zero-order valence-corrected chi connectivity index (χ0v) is 21.6. The number of aliphatic carboxylic acids is 1. The minimum absolute atomic E-state index is 0.0799. The van der Waals surface area contributed by atoms with Crippen LogP contribution in [0.5, 0.6) is 0 Å². The first kappa shape index (κ1) is 30.1. The molecule has 0 heterocycles. The van der Waals surface area contributed by atoms with Crippen molar-refractivity contribution in [1.29, 1.82) is 0 Å². The van der Waals surface area contributed by atoms with Crippen molar-refractivity contribution in [1.82, 2.24) is 10.8 Å². The molecule has 6 atom stereocenters. The molecule has 3 saturated carbocycles. The summed E-state index contributed by atoms with van der Waals surface area (Å²) in [6.45, 7) is 1.27. The van der Waals surface area contributed by atoms with E-state index in [1.54, 1.807) is 0 Å². The molecule has 0 aliphatic heterocycles. The third kappa shape index (κ3) is 8.04. The summed E-state index contributed by atoms with van der Waals surface area (Å²) in [5, 5.41) is 43.8. The van der Waals surface area contributed by atoms with E-state index < -0.39 is 46.6 Å². The van der Waals surface area contributed by atoms with Crippen molar-refractivity contribution in [2.24, 2.45) is 35.5 Å². The molecule has 3 aliphatic rings. The Labute approximate surface area is 221 Å². The molecule has 38 heavy (non-hydrogen) atoms. The lowest BCUT2D eigenvalue weighted by Crippen LogP contribution is -2.49. The van der Waals surface area contributed by atoms with E-state index in [9.17, 15) is 34.9 Å². The highest BCUT2D eigenvalue weighted by Gasteiger charge is 2.48. The molecule has 0 spiro atoms. The molecule has 1 amide bonds. The van der Waals surface area contributed by atoms with Crippen molar-refractivity contribution in [2.45, 2.75) is 76.3 Å². The molecule has 3 rings (SSSR count). The molecule has 6 unspecified atom stereocenters. The smallest absolute Gasteiger partial charge is 0.314 e. The Balaban J connectivity index is 1.35. The van der Waals surface area contributed by atoms with Gasteiger partial charge in [-0.05, 0) is 69.1 Å². The fraction of sp³-hybridized carbons (Fsp3) is 0.917. The quantitative estimate of drug-likeness (QED) is 0.114. The molecule has 3 fully saturated rings. The standard InChI is InChI=1S/C24H40N4O10/c29-23(18-4-2-6-21(28(34)35)22(18)24(30)31)25-11-15-7-9-16(10-8-15)12-26-37-13-17-3-1-5-20(27(32)33)19(17)14-38-36/h15-22,26,36H,1-14H2,(H,25,29)(H,30,31). The van der Waals surface area contributed by atoms with Crippen molar-refractivity contribution in [3.05, 3.63) is 20.2 Å². The van der Waals surface area contributed by atoms with Gasteiger partial charge in [0.15, 0.2) is 0 Å². The lowest BCUT2D eigenvalue weighted by Gasteiger charge is -2.33. The summed E-state index contributed by atoms with van der Waals surface area (Å²) < 4.78 is 0. The van der Waals surface area contributed by atoms with Crippen LogP contribution in [-0.2, 0) is 19.3 Å². The normalized spacial score (nSPS) is 33.8. The number of amides is 1. The average Bonchev–Trinajstić information content (AvgIpc) is 2.90. The lowest BCUT2D eigenvalue weighted by atomic mass is 9.75. The molecular weight excluding hydrogens is 504 g/mol. The van der Waals surface area contributed by atoms with Gasteiger partial charge in [-0.15, -0.1) is 0 Å². The first-order valence-electron chi connectivity index (χ1n) is 13.6. The predicted octanol–water partition coefficient (Wildman–Crippen LogP) is 2.13. The summed E-state index contributed by atoms with van der Waals surface area (Å²) in [4.78, 5) is 56.0. The van der Waals surface area contributed by atoms with Crippen LogP contribution in [0.15, 0.2) is 0 Å². The van der Waals surface area contributed by atoms with Crippen LogP contribution in [0.25, 0.3) is 0 Å². The SMILES string of the molecule is O=C(NCC1CCC(CNOCC2CCCC([N+](=O)[O-])C2COO)CC1)C1CCCC([N+](=O)[O-])C1C(=O)O. The van der Waals surface area contributed by atoms with Gasteiger partial charge in [0, 0.05) is 35.8 Å². The van der Waals surface area contributed by atoms with Gasteiger partial charge >= 0.3 is 5.97 Å². The van der Waals surface area contributed by atoms with Gasteiger partial charge in [-0.25, -0.2) is 10.4 Å². The molecule has 0 aromatic heterocycles. The number of carboxylic acid groups (broad SMARTS) is 1. The second-order valence-corrected chi connectivity index (χ2v) is 11.0. The van der Waals surface area contributed by atoms with Gasteiger partial charge in [-0.1, -0.05) is 0 Å². The molecule has 0 bridgehead atoms. The molecular formula is C24H40N4O10. The van der Waals surface area contributed by atoms with Gasteiger partial charge in [0.2, 0.25) is 18.0 Å². The maximum absolute atomic E-state index is 12.7. The van der Waals surface area contributed by atoms with Gasteiger partial charge in [-0.2, -0.15) is 0 Å². The Bertz CT molecular complexity index is 822. The molecule has 4 N–H and O–H groups in total. The van der Waals surface area contributed by atoms with E-state index in [4.69, 9.17) is 10.1 Å². The molecule has 3 aliphatic carbocycles. The Morgan fingerprint density at radius 3 is 2.05 bits per heavy atom. The molecule has 0 radical (unpaired) electrons. The van der Waals surface area contributed by atoms with E-state index >= 15 is 0 Å². The van der Waals surface area contributed by atoms with E-state index in [1.165, 1.54) is 0 Å². The topological polar surface area (TPSA) is 203 Å². The number of rotatable bonds is 13. The number of carbonyl (C=O) groups is 2. The lowest BCUT2D eigenvalue weighted by molar-refractivity contribution is -0.541. The van der Waals surface area contributed by atoms with Gasteiger partial charge in [0.1, 0.15) is 5.92 Å². The zero-order valence-electron chi connectivity index (χ0n) is 21.6. The van der Waals surface area contributed by atoms with Crippen molar-refractivity contribution in [3.8, 4) is 0 Å². The van der Waals surface area contributed by atoms with Crippen LogP contribution in [0.4, 0.5) is 0 Å². The minimum atomic E-state index is -1.30. The molecule has 0 saturated heterocycles. The Morgan fingerprint density at radius 2 is 1.45 bits per heavy atom. The number of carbonyl (C=O) groups excluding carboxylic acids is 1. The summed E-state index contributed by atoms with van der Waals surface area (Å²) in [7, 11) is 0. The van der Waals surface area contributed by atoms with E-state index in [0.717, 1.165) is 38.5 Å². The highest BCUT2D eigenvalue weighted by atomic mass is 17.1. The number of nitrogens with one attached hydrogen (secondary N) is 2. The number of nitro groups is 2. The van der Waals surface area contributed by atoms with Gasteiger partial charge in [-0.3, -0.25) is 35.1 Å². The van der Waals surface area contributed by atoms with Gasteiger partial charge < -0.3 is 15.3 Å². The number of hydroxylamine groups is 1. The van der Waals surface area contributed by atoms with Crippen LogP contribution in [0.3, 0.4) is 0 Å². The summed E-state index contributed by atoms with van der Waals surface area (Å²) in [5.41, 5.74) is 2.99. The highest BCUT2D eigenvalue weighted by Crippen LogP contribution is 2.34. The number of carboxylic acids is 1. The number of hydrogen-bond donors (Lipinski definition) is 4. The van der Waals surface area contributed by atoms with E-state index in [1.807, 2.05) is 0 Å². The second-order valence-electron chi connectivity index (χ2n) is 11.0. The average molecular weight is 545 g/mol. The maximum atomic E-state index is 12.7. The number of hydrogen-bond acceptors (Lipinski definition) is 10. The van der Waals surface area contributed by atoms with Gasteiger partial charge in [0.05, 0.1) is 25.0 Å². The molecule has 216 valence electrons. The Morgan fingerprint density at radius 1 is 0.842 bits per heavy atom. The minimum Gasteiger partial charge on any atom is -0.481 e.